The van der Waals surface area contributed by atoms with Gasteiger partial charge in [0.2, 0.25) is 0 Å². The van der Waals surface area contributed by atoms with Crippen LogP contribution in [-0.4, -0.2) is 27.2 Å². The number of hydrogen-bond donors (Lipinski definition) is 2. The number of para-hydroxylation sites is 1. The van der Waals surface area contributed by atoms with Crippen LogP contribution in [0.4, 0.5) is 0 Å². The molecule has 5 heteroatoms. The second-order valence-electron chi connectivity index (χ2n) is 5.16. The van der Waals surface area contributed by atoms with E-state index in [1.165, 1.54) is 0 Å². The van der Waals surface area contributed by atoms with Gasteiger partial charge in [0, 0.05) is 19.6 Å². The molecule has 1 saturated heterocycles. The first-order chi connectivity index (χ1) is 9.08. The number of benzene rings is 1. The number of aromatic nitrogens is 2. The molecule has 1 fully saturated rings. The molecule has 1 aliphatic rings. The molecule has 0 amide bonds. The molecular formula is C14H17N3O2. The number of aryl methyl sites for hydroxylation is 2. The molecule has 0 bridgehead atoms. The minimum absolute atomic E-state index is 0.0969. The van der Waals surface area contributed by atoms with Crippen molar-refractivity contribution in [2.24, 2.45) is 13.0 Å². The number of carbonyl (C=O) groups is 1. The fraction of sp³-hybridized carbons (Fsp3) is 0.429. The standard InChI is InChI=1S/C14H17N3O2/c1-8-16-11-5-3-4-10(13(11)17(8)2)12-6-9(7-15-12)14(18)19/h3-5,9,12,15H,6-7H2,1-2H3,(H,18,19). The molecule has 2 heterocycles. The van der Waals surface area contributed by atoms with E-state index >= 15 is 0 Å². The van der Waals surface area contributed by atoms with Crippen molar-refractivity contribution in [2.45, 2.75) is 19.4 Å². The molecule has 0 aliphatic carbocycles. The van der Waals surface area contributed by atoms with Crippen LogP contribution in [0.15, 0.2) is 18.2 Å². The summed E-state index contributed by atoms with van der Waals surface area (Å²) in [5.74, 6) is -0.0480. The van der Waals surface area contributed by atoms with Gasteiger partial charge in [-0.1, -0.05) is 12.1 Å². The summed E-state index contributed by atoms with van der Waals surface area (Å²) in [6.45, 7) is 2.51. The summed E-state index contributed by atoms with van der Waals surface area (Å²) in [5.41, 5.74) is 3.21. The van der Waals surface area contributed by atoms with Crippen LogP contribution in [0.25, 0.3) is 11.0 Å². The van der Waals surface area contributed by atoms with Crippen LogP contribution in [0, 0.1) is 12.8 Å². The van der Waals surface area contributed by atoms with Gasteiger partial charge in [0.25, 0.3) is 0 Å². The molecule has 1 aromatic carbocycles. The summed E-state index contributed by atoms with van der Waals surface area (Å²) < 4.78 is 2.07. The van der Waals surface area contributed by atoms with E-state index in [-0.39, 0.29) is 12.0 Å². The molecule has 2 aromatic rings. The van der Waals surface area contributed by atoms with Gasteiger partial charge in [-0.3, -0.25) is 4.79 Å². The maximum absolute atomic E-state index is 11.1. The van der Waals surface area contributed by atoms with Gasteiger partial charge in [-0.15, -0.1) is 0 Å². The highest BCUT2D eigenvalue weighted by atomic mass is 16.4. The quantitative estimate of drug-likeness (QED) is 0.860. The Balaban J connectivity index is 2.04. The van der Waals surface area contributed by atoms with Crippen molar-refractivity contribution in [1.29, 1.82) is 0 Å². The molecule has 3 rings (SSSR count). The largest absolute Gasteiger partial charge is 0.481 e. The summed E-state index contributed by atoms with van der Waals surface area (Å²) in [4.78, 5) is 15.6. The van der Waals surface area contributed by atoms with E-state index in [9.17, 15) is 4.79 Å². The van der Waals surface area contributed by atoms with E-state index in [1.54, 1.807) is 0 Å². The second kappa shape index (κ2) is 4.35. The van der Waals surface area contributed by atoms with Crippen molar-refractivity contribution in [3.05, 3.63) is 29.6 Å². The monoisotopic (exact) mass is 259 g/mol. The molecule has 2 atom stereocenters. The van der Waals surface area contributed by atoms with Crippen LogP contribution in [0.1, 0.15) is 23.9 Å². The highest BCUT2D eigenvalue weighted by molar-refractivity contribution is 5.80. The third-order valence-electron chi connectivity index (χ3n) is 4.00. The molecule has 2 N–H and O–H groups in total. The maximum Gasteiger partial charge on any atom is 0.307 e. The van der Waals surface area contributed by atoms with Crippen LogP contribution in [0.5, 0.6) is 0 Å². The van der Waals surface area contributed by atoms with Gasteiger partial charge in [0.15, 0.2) is 0 Å². The van der Waals surface area contributed by atoms with Gasteiger partial charge in [-0.05, 0) is 25.0 Å². The van der Waals surface area contributed by atoms with E-state index < -0.39 is 5.97 Å². The average molecular weight is 259 g/mol. The Hall–Kier alpha value is -1.88. The van der Waals surface area contributed by atoms with Gasteiger partial charge in [-0.25, -0.2) is 4.98 Å². The second-order valence-corrected chi connectivity index (χ2v) is 5.16. The fourth-order valence-corrected chi connectivity index (χ4v) is 2.86. The van der Waals surface area contributed by atoms with Gasteiger partial charge in [0.05, 0.1) is 17.0 Å². The van der Waals surface area contributed by atoms with Crippen LogP contribution in [0.2, 0.25) is 0 Å². The Labute approximate surface area is 111 Å². The minimum Gasteiger partial charge on any atom is -0.481 e. The molecule has 1 aliphatic heterocycles. The van der Waals surface area contributed by atoms with Crippen LogP contribution in [-0.2, 0) is 11.8 Å². The summed E-state index contributed by atoms with van der Waals surface area (Å²) in [7, 11) is 2.00. The smallest absolute Gasteiger partial charge is 0.307 e. The highest BCUT2D eigenvalue weighted by Crippen LogP contribution is 2.32. The lowest BCUT2D eigenvalue weighted by molar-refractivity contribution is -0.141. The zero-order valence-corrected chi connectivity index (χ0v) is 11.1. The molecule has 1 aromatic heterocycles. The number of fused-ring (bicyclic) bond motifs is 1. The summed E-state index contributed by atoms with van der Waals surface area (Å²) in [6.07, 6.45) is 0.638. The number of imidazole rings is 1. The van der Waals surface area contributed by atoms with Gasteiger partial charge in [0.1, 0.15) is 5.82 Å². The Morgan fingerprint density at radius 3 is 3.00 bits per heavy atom. The molecule has 100 valence electrons. The van der Waals surface area contributed by atoms with Crippen molar-refractivity contribution in [1.82, 2.24) is 14.9 Å². The normalized spacial score (nSPS) is 23.1. The van der Waals surface area contributed by atoms with E-state index in [4.69, 9.17) is 5.11 Å². The Bertz CT molecular complexity index is 647. The summed E-state index contributed by atoms with van der Waals surface area (Å²) in [6, 6.07) is 6.14. The minimum atomic E-state index is -0.719. The van der Waals surface area contributed by atoms with E-state index in [1.807, 2.05) is 26.1 Å². The first-order valence-electron chi connectivity index (χ1n) is 6.46. The number of aliphatic carboxylic acids is 1. The molecule has 0 spiro atoms. The van der Waals surface area contributed by atoms with Crippen molar-refractivity contribution in [3.8, 4) is 0 Å². The predicted molar refractivity (Wildman–Crippen MR) is 71.9 cm³/mol. The Morgan fingerprint density at radius 1 is 1.53 bits per heavy atom. The summed E-state index contributed by atoms with van der Waals surface area (Å²) >= 11 is 0. The van der Waals surface area contributed by atoms with Crippen LogP contribution in [0.3, 0.4) is 0 Å². The third kappa shape index (κ3) is 1.90. The van der Waals surface area contributed by atoms with Crippen LogP contribution < -0.4 is 5.32 Å². The predicted octanol–water partition coefficient (Wildman–Crippen LogP) is 1.62. The van der Waals surface area contributed by atoms with Crippen LogP contribution >= 0.6 is 0 Å². The summed E-state index contributed by atoms with van der Waals surface area (Å²) in [5, 5.41) is 12.4. The number of rotatable bonds is 2. The highest BCUT2D eigenvalue weighted by Gasteiger charge is 2.31. The number of nitrogens with zero attached hydrogens (tertiary/aromatic N) is 2. The van der Waals surface area contributed by atoms with E-state index in [0.717, 1.165) is 22.4 Å². The van der Waals surface area contributed by atoms with Crippen molar-refractivity contribution < 1.29 is 9.90 Å². The molecule has 2 unspecified atom stereocenters. The van der Waals surface area contributed by atoms with Crippen molar-refractivity contribution >= 4 is 17.0 Å². The van der Waals surface area contributed by atoms with Crippen molar-refractivity contribution in [2.75, 3.05) is 6.54 Å². The van der Waals surface area contributed by atoms with E-state index in [2.05, 4.69) is 20.9 Å². The lowest BCUT2D eigenvalue weighted by atomic mass is 9.99. The van der Waals surface area contributed by atoms with Gasteiger partial charge in [-0.2, -0.15) is 0 Å². The Morgan fingerprint density at radius 2 is 2.32 bits per heavy atom. The molecule has 5 nitrogen and oxygen atoms in total. The molecular weight excluding hydrogens is 242 g/mol. The first-order valence-corrected chi connectivity index (χ1v) is 6.46. The number of carboxylic acid groups (broad SMARTS) is 1. The zero-order valence-electron chi connectivity index (χ0n) is 11.1. The number of hydrogen-bond acceptors (Lipinski definition) is 3. The van der Waals surface area contributed by atoms with Crippen molar-refractivity contribution in [3.63, 3.8) is 0 Å². The maximum atomic E-state index is 11.1. The van der Waals surface area contributed by atoms with E-state index in [0.29, 0.717) is 13.0 Å². The lowest BCUT2D eigenvalue weighted by Crippen LogP contribution is -2.17. The Kier molecular flexibility index (Phi) is 2.78. The zero-order chi connectivity index (χ0) is 13.6. The van der Waals surface area contributed by atoms with Gasteiger partial charge >= 0.3 is 5.97 Å². The molecule has 19 heavy (non-hydrogen) atoms. The average Bonchev–Trinajstić information content (AvgIpc) is 2.96. The molecule has 0 saturated carbocycles. The number of carboxylic acids is 1. The van der Waals surface area contributed by atoms with Gasteiger partial charge < -0.3 is 15.0 Å². The first kappa shape index (κ1) is 12.2. The third-order valence-corrected chi connectivity index (χ3v) is 4.00. The topological polar surface area (TPSA) is 67.2 Å². The SMILES string of the molecule is Cc1nc2cccc(C3CC(C(=O)O)CN3)c2n1C. The lowest BCUT2D eigenvalue weighted by Gasteiger charge is -2.13. The fourth-order valence-electron chi connectivity index (χ4n) is 2.86. The molecule has 0 radical (unpaired) electrons. The number of nitrogens with one attached hydrogen (secondary N) is 1.